The Hall–Kier alpha value is -2.66. The van der Waals surface area contributed by atoms with E-state index in [1.807, 2.05) is 0 Å². The van der Waals surface area contributed by atoms with E-state index in [1.165, 1.54) is 0 Å². The summed E-state index contributed by atoms with van der Waals surface area (Å²) in [6, 6.07) is 5.56. The van der Waals surface area contributed by atoms with Gasteiger partial charge in [0.15, 0.2) is 5.78 Å². The van der Waals surface area contributed by atoms with Crippen molar-refractivity contribution in [1.29, 1.82) is 0 Å². The molecule has 0 spiro atoms. The fraction of sp³-hybridized carbons (Fsp3) is 0.409. The van der Waals surface area contributed by atoms with Crippen molar-refractivity contribution in [3.8, 4) is 11.5 Å². The predicted molar refractivity (Wildman–Crippen MR) is 122 cm³/mol. The molecular weight excluding hydrogens is 595 g/mol. The number of hydrogen-bond donors (Lipinski definition) is 1. The lowest BCUT2D eigenvalue weighted by atomic mass is 10.0. The van der Waals surface area contributed by atoms with Gasteiger partial charge in [-0.25, -0.2) is 0 Å². The molecule has 0 radical (unpaired) electrons. The number of alkyl halides is 9. The highest BCUT2D eigenvalue weighted by molar-refractivity contribution is 8.89. The van der Waals surface area contributed by atoms with Gasteiger partial charge in [-0.05, 0) is 46.0 Å². The van der Waals surface area contributed by atoms with Crippen LogP contribution in [0, 0.1) is 0 Å². The number of methoxy groups -OCH3 is 1. The maximum Gasteiger partial charge on any atom is 0.460 e. The van der Waals surface area contributed by atoms with Crippen molar-refractivity contribution < 1.29 is 66.8 Å². The third-order valence-corrected chi connectivity index (χ3v) is 13.9. The lowest BCUT2D eigenvalue weighted by Gasteiger charge is -2.47. The summed E-state index contributed by atoms with van der Waals surface area (Å²) in [5.74, 6) is -17.9. The molecule has 220 valence electrons. The van der Waals surface area contributed by atoms with Crippen LogP contribution >= 0.6 is 9.06 Å². The van der Waals surface area contributed by atoms with Gasteiger partial charge in [-0.2, -0.15) is 47.9 Å². The first-order valence-corrected chi connectivity index (χ1v) is 14.3. The van der Waals surface area contributed by atoms with Crippen LogP contribution in [-0.4, -0.2) is 62.1 Å². The Bertz CT molecular complexity index is 1330. The van der Waals surface area contributed by atoms with Gasteiger partial charge in [-0.15, -0.1) is 0 Å². The van der Waals surface area contributed by atoms with Crippen molar-refractivity contribution >= 4 is 24.0 Å². The highest BCUT2D eigenvalue weighted by Crippen LogP contribution is 2.77. The molecule has 0 aliphatic carbocycles. The molecule has 2 aromatic rings. The first-order chi connectivity index (χ1) is 17.7. The van der Waals surface area contributed by atoms with E-state index in [4.69, 9.17) is 4.74 Å². The maximum absolute atomic E-state index is 15.6. The van der Waals surface area contributed by atoms with Crippen molar-refractivity contribution in [1.82, 2.24) is 0 Å². The molecule has 0 saturated heterocycles. The molecular formula is C22H21F9O6S2. The minimum atomic E-state index is -7.37. The number of benzene rings is 2. The normalized spacial score (nSPS) is 15.9. The molecule has 39 heavy (non-hydrogen) atoms. The summed E-state index contributed by atoms with van der Waals surface area (Å²) < 4.78 is 162. The van der Waals surface area contributed by atoms with Gasteiger partial charge >= 0.3 is 32.4 Å². The van der Waals surface area contributed by atoms with Crippen molar-refractivity contribution in [2.75, 3.05) is 19.5 Å². The van der Waals surface area contributed by atoms with Crippen LogP contribution in [0.3, 0.4) is 0 Å². The summed E-state index contributed by atoms with van der Waals surface area (Å²) in [4.78, 5) is 11.7. The van der Waals surface area contributed by atoms with Gasteiger partial charge in [-0.1, -0.05) is 19.1 Å². The van der Waals surface area contributed by atoms with Crippen LogP contribution in [0.15, 0.2) is 47.4 Å². The van der Waals surface area contributed by atoms with Crippen molar-refractivity contribution in [2.24, 2.45) is 0 Å². The van der Waals surface area contributed by atoms with Gasteiger partial charge in [-0.3, -0.25) is 8.98 Å². The fourth-order valence-electron chi connectivity index (χ4n) is 3.55. The number of halogens is 9. The largest absolute Gasteiger partial charge is 0.508 e. The van der Waals surface area contributed by atoms with Crippen molar-refractivity contribution in [3.63, 3.8) is 0 Å². The summed E-state index contributed by atoms with van der Waals surface area (Å²) in [7, 11) is -10.8. The average molecular weight is 617 g/mol. The smallest absolute Gasteiger partial charge is 0.460 e. The third kappa shape index (κ3) is 5.03. The zero-order valence-corrected chi connectivity index (χ0v) is 21.8. The van der Waals surface area contributed by atoms with Crippen LogP contribution in [-0.2, 0) is 13.3 Å². The Morgan fingerprint density at radius 2 is 1.49 bits per heavy atom. The Morgan fingerprint density at radius 1 is 0.897 bits per heavy atom. The maximum atomic E-state index is 15.6. The number of rotatable bonds is 11. The van der Waals surface area contributed by atoms with E-state index in [0.29, 0.717) is 19.1 Å². The fourth-order valence-corrected chi connectivity index (χ4v) is 10.7. The predicted octanol–water partition coefficient (Wildman–Crippen LogP) is 6.52. The van der Waals surface area contributed by atoms with Crippen LogP contribution < -0.4 is 4.74 Å². The second kappa shape index (κ2) is 10.7. The molecule has 1 atom stereocenters. The number of ketones is 1. The number of carbonyl (C=O) groups is 1. The van der Waals surface area contributed by atoms with Crippen LogP contribution in [0.4, 0.5) is 39.5 Å². The van der Waals surface area contributed by atoms with Crippen LogP contribution in [0.5, 0.6) is 11.5 Å². The van der Waals surface area contributed by atoms with Crippen LogP contribution in [0.25, 0.3) is 0 Å². The molecule has 17 heteroatoms. The van der Waals surface area contributed by atoms with E-state index in [0.717, 1.165) is 44.4 Å². The summed E-state index contributed by atoms with van der Waals surface area (Å²) in [6.07, 6.45) is -7.19. The molecule has 0 aromatic heterocycles. The highest BCUT2D eigenvalue weighted by Gasteiger charge is 2.86. The lowest BCUT2D eigenvalue weighted by Crippen LogP contribution is -2.63. The van der Waals surface area contributed by atoms with E-state index in [9.17, 15) is 49.1 Å². The molecule has 0 fully saturated rings. The number of ether oxygens (including phenoxy) is 1. The Morgan fingerprint density at radius 3 is 1.97 bits per heavy atom. The molecule has 0 bridgehead atoms. The van der Waals surface area contributed by atoms with Gasteiger partial charge in [0.05, 0.1) is 19.3 Å². The Labute approximate surface area is 217 Å². The van der Waals surface area contributed by atoms with Crippen LogP contribution in [0.1, 0.15) is 29.8 Å². The van der Waals surface area contributed by atoms with Crippen molar-refractivity contribution in [3.05, 3.63) is 53.6 Å². The Kier molecular flexibility index (Phi) is 8.95. The summed E-state index contributed by atoms with van der Waals surface area (Å²) >= 11 is 0. The number of phenolic OH excluding ortho intramolecular Hbond substituents is 1. The molecule has 0 aliphatic rings. The second-order valence-corrected chi connectivity index (χ2v) is 14.6. The zero-order chi connectivity index (χ0) is 30.2. The number of phenols is 1. The summed E-state index contributed by atoms with van der Waals surface area (Å²) in [6.45, 7) is 0.534. The topological polar surface area (TPSA) is 89.9 Å². The quantitative estimate of drug-likeness (QED) is 0.176. The number of hydrogen-bond acceptors (Lipinski definition) is 6. The van der Waals surface area contributed by atoms with Crippen molar-refractivity contribution in [2.45, 2.75) is 42.0 Å². The van der Waals surface area contributed by atoms with E-state index in [-0.39, 0.29) is 17.1 Å². The van der Waals surface area contributed by atoms with Gasteiger partial charge in [0.2, 0.25) is 0 Å². The van der Waals surface area contributed by atoms with E-state index in [2.05, 4.69) is 4.18 Å². The monoisotopic (exact) mass is 616 g/mol. The molecule has 2 aromatic carbocycles. The molecule has 6 nitrogen and oxygen atoms in total. The average Bonchev–Trinajstić information content (AvgIpc) is 2.83. The first-order valence-electron chi connectivity index (χ1n) is 10.6. The van der Waals surface area contributed by atoms with Gasteiger partial charge in [0.25, 0.3) is 0 Å². The highest BCUT2D eigenvalue weighted by atomic mass is 33.2. The van der Waals surface area contributed by atoms with Gasteiger partial charge in [0, 0.05) is 16.5 Å². The number of carbonyl (C=O) groups excluding carboxylic acids is 1. The summed E-state index contributed by atoms with van der Waals surface area (Å²) in [5, 5.41) is 2.98. The molecule has 0 amide bonds. The molecule has 1 unspecified atom stereocenters. The van der Waals surface area contributed by atoms with Gasteiger partial charge < -0.3 is 9.84 Å². The first kappa shape index (κ1) is 32.6. The molecule has 1 N–H and O–H groups in total. The minimum Gasteiger partial charge on any atom is -0.508 e. The molecule has 0 aliphatic heterocycles. The molecule has 2 rings (SSSR count). The number of aromatic hydroxyl groups is 1. The second-order valence-electron chi connectivity index (χ2n) is 7.68. The van der Waals surface area contributed by atoms with E-state index in [1.54, 1.807) is 0 Å². The lowest BCUT2D eigenvalue weighted by molar-refractivity contribution is -0.381. The summed E-state index contributed by atoms with van der Waals surface area (Å²) in [5.41, 5.74) is -0.965. The standard InChI is InChI=1S/C22H21F9O6S2/c1-4-37-39(34,35)38(5-2,22(30,31)20(25,26)19(23,24)21(27,28)29)15-8-6-7-13(11-15)18(33)16-10-9-14(32)12-17(16)36-3/h6-12,32H,4-5H2,1-3H3. The zero-order valence-electron chi connectivity index (χ0n) is 20.2. The molecule has 0 saturated carbocycles. The third-order valence-electron chi connectivity index (χ3n) is 5.45. The molecule has 0 heterocycles. The van der Waals surface area contributed by atoms with Crippen LogP contribution in [0.2, 0.25) is 0 Å². The van der Waals surface area contributed by atoms with Gasteiger partial charge in [0.1, 0.15) is 11.5 Å². The van der Waals surface area contributed by atoms with E-state index >= 15 is 8.78 Å². The SMILES string of the molecule is CCOS(=O)(=O)S(CC)(c1cccc(C(=O)c2ccc(O)cc2OC)c1)C(F)(F)C(F)(F)C(F)(F)C(F)(F)F. The Balaban J connectivity index is 2.94. The minimum absolute atomic E-state index is 0.247. The van der Waals surface area contributed by atoms with E-state index < -0.39 is 70.1 Å².